The van der Waals surface area contributed by atoms with Crippen molar-refractivity contribution in [3.63, 3.8) is 0 Å². The zero-order valence-corrected chi connectivity index (χ0v) is 10.2. The lowest BCUT2D eigenvalue weighted by Gasteiger charge is -2.25. The topological polar surface area (TPSA) is 92.4 Å². The van der Waals surface area contributed by atoms with E-state index in [1.54, 1.807) is 0 Å². The number of carboxylic acid groups (broad SMARTS) is 1. The van der Waals surface area contributed by atoms with Crippen LogP contribution in [0.25, 0.3) is 0 Å². The maximum atomic E-state index is 11.5. The highest BCUT2D eigenvalue weighted by atomic mass is 16.4. The predicted molar refractivity (Wildman–Crippen MR) is 62.0 cm³/mol. The highest BCUT2D eigenvalue weighted by Crippen LogP contribution is 2.11. The number of nitrogens with two attached hydrogens (primary N) is 1. The van der Waals surface area contributed by atoms with Crippen LogP contribution in [-0.4, -0.2) is 28.6 Å². The van der Waals surface area contributed by atoms with E-state index in [0.717, 1.165) is 0 Å². The van der Waals surface area contributed by atoms with Gasteiger partial charge in [-0.1, -0.05) is 0 Å². The molecule has 0 radical (unpaired) electrons. The van der Waals surface area contributed by atoms with Gasteiger partial charge in [0.1, 0.15) is 0 Å². The summed E-state index contributed by atoms with van der Waals surface area (Å²) in [5, 5.41) is 11.4. The van der Waals surface area contributed by atoms with Gasteiger partial charge in [-0.25, -0.2) is 0 Å². The van der Waals surface area contributed by atoms with Crippen molar-refractivity contribution >= 4 is 11.9 Å². The molecule has 16 heavy (non-hydrogen) atoms. The van der Waals surface area contributed by atoms with Crippen molar-refractivity contribution in [2.45, 2.75) is 58.0 Å². The molecule has 0 bridgehead atoms. The Kier molecular flexibility index (Phi) is 6.03. The Balaban J connectivity index is 3.94. The van der Waals surface area contributed by atoms with E-state index >= 15 is 0 Å². The highest BCUT2D eigenvalue weighted by Gasteiger charge is 2.21. The van der Waals surface area contributed by atoms with Crippen molar-refractivity contribution in [1.82, 2.24) is 5.32 Å². The summed E-state index contributed by atoms with van der Waals surface area (Å²) in [6.45, 7) is 5.49. The third kappa shape index (κ3) is 8.23. The number of rotatable bonds is 7. The molecule has 0 aromatic heterocycles. The van der Waals surface area contributed by atoms with E-state index in [4.69, 9.17) is 10.8 Å². The van der Waals surface area contributed by atoms with Gasteiger partial charge in [0.15, 0.2) is 0 Å². The predicted octanol–water partition coefficient (Wildman–Crippen LogP) is 0.873. The number of carbonyl (C=O) groups is 2. The summed E-state index contributed by atoms with van der Waals surface area (Å²) in [6, 6.07) is 0.00730. The molecule has 1 amide bonds. The molecular weight excluding hydrogens is 208 g/mol. The molecule has 0 fully saturated rings. The van der Waals surface area contributed by atoms with Gasteiger partial charge in [0, 0.05) is 24.4 Å². The molecule has 0 aromatic carbocycles. The van der Waals surface area contributed by atoms with Gasteiger partial charge in [0.25, 0.3) is 0 Å². The Morgan fingerprint density at radius 1 is 1.38 bits per heavy atom. The van der Waals surface area contributed by atoms with E-state index in [1.165, 1.54) is 0 Å². The van der Waals surface area contributed by atoms with Gasteiger partial charge in [-0.2, -0.15) is 0 Å². The van der Waals surface area contributed by atoms with Crippen LogP contribution in [0.1, 0.15) is 46.5 Å². The lowest BCUT2D eigenvalue weighted by molar-refractivity contribution is -0.137. The first-order valence-corrected chi connectivity index (χ1v) is 5.51. The molecule has 0 aliphatic carbocycles. The largest absolute Gasteiger partial charge is 0.481 e. The van der Waals surface area contributed by atoms with Crippen molar-refractivity contribution in [1.29, 1.82) is 0 Å². The van der Waals surface area contributed by atoms with Crippen LogP contribution in [0.5, 0.6) is 0 Å². The van der Waals surface area contributed by atoms with E-state index in [-0.39, 0.29) is 18.4 Å². The molecule has 0 aliphatic rings. The maximum absolute atomic E-state index is 11.5. The standard InChI is InChI=1S/C11H22N2O3/c1-8(12)4-5-9(14)13-11(2,3)7-6-10(15)16/h8H,4-7,12H2,1-3H3,(H,13,14)(H,15,16). The number of amides is 1. The Morgan fingerprint density at radius 2 is 1.94 bits per heavy atom. The Bertz CT molecular complexity index is 250. The monoisotopic (exact) mass is 230 g/mol. The van der Waals surface area contributed by atoms with Gasteiger partial charge in [-0.05, 0) is 33.6 Å². The third-order valence-electron chi connectivity index (χ3n) is 2.27. The minimum Gasteiger partial charge on any atom is -0.481 e. The second-order valence-electron chi connectivity index (χ2n) is 4.84. The quantitative estimate of drug-likeness (QED) is 0.605. The van der Waals surface area contributed by atoms with Crippen molar-refractivity contribution in [2.75, 3.05) is 0 Å². The Hall–Kier alpha value is -1.10. The fraction of sp³-hybridized carbons (Fsp3) is 0.818. The molecule has 94 valence electrons. The van der Waals surface area contributed by atoms with Crippen LogP contribution in [0.3, 0.4) is 0 Å². The van der Waals surface area contributed by atoms with Crippen LogP contribution in [0.2, 0.25) is 0 Å². The fourth-order valence-electron chi connectivity index (χ4n) is 1.28. The van der Waals surface area contributed by atoms with Crippen molar-refractivity contribution < 1.29 is 14.7 Å². The first-order valence-electron chi connectivity index (χ1n) is 5.51. The lowest BCUT2D eigenvalue weighted by Crippen LogP contribution is -2.44. The average Bonchev–Trinajstić information content (AvgIpc) is 2.11. The van der Waals surface area contributed by atoms with Gasteiger partial charge < -0.3 is 16.2 Å². The number of carbonyl (C=O) groups excluding carboxylic acids is 1. The molecule has 5 heteroatoms. The first-order chi connectivity index (χ1) is 7.23. The zero-order chi connectivity index (χ0) is 12.8. The first kappa shape index (κ1) is 14.9. The van der Waals surface area contributed by atoms with Crippen LogP contribution in [-0.2, 0) is 9.59 Å². The summed E-state index contributed by atoms with van der Waals surface area (Å²) < 4.78 is 0. The maximum Gasteiger partial charge on any atom is 0.303 e. The third-order valence-corrected chi connectivity index (χ3v) is 2.27. The number of aliphatic carboxylic acids is 1. The summed E-state index contributed by atoms with van der Waals surface area (Å²) in [4.78, 5) is 21.9. The van der Waals surface area contributed by atoms with Crippen LogP contribution in [0, 0.1) is 0 Å². The van der Waals surface area contributed by atoms with Crippen molar-refractivity contribution in [3.8, 4) is 0 Å². The molecule has 0 rings (SSSR count). The van der Waals surface area contributed by atoms with Crippen molar-refractivity contribution in [3.05, 3.63) is 0 Å². The molecule has 0 aromatic rings. The molecule has 0 spiro atoms. The van der Waals surface area contributed by atoms with Crippen LogP contribution in [0.4, 0.5) is 0 Å². The average molecular weight is 230 g/mol. The van der Waals surface area contributed by atoms with Crippen LogP contribution < -0.4 is 11.1 Å². The minimum atomic E-state index is -0.849. The minimum absolute atomic E-state index is 0.00730. The summed E-state index contributed by atoms with van der Waals surface area (Å²) in [5.74, 6) is -0.925. The Morgan fingerprint density at radius 3 is 2.38 bits per heavy atom. The van der Waals surface area contributed by atoms with E-state index in [2.05, 4.69) is 5.32 Å². The van der Waals surface area contributed by atoms with Gasteiger partial charge in [0.05, 0.1) is 0 Å². The zero-order valence-electron chi connectivity index (χ0n) is 10.2. The molecule has 0 saturated carbocycles. The SMILES string of the molecule is CC(N)CCC(=O)NC(C)(C)CCC(=O)O. The van der Waals surface area contributed by atoms with Gasteiger partial charge in [-0.15, -0.1) is 0 Å². The van der Waals surface area contributed by atoms with Gasteiger partial charge >= 0.3 is 5.97 Å². The second-order valence-corrected chi connectivity index (χ2v) is 4.84. The van der Waals surface area contributed by atoms with Crippen LogP contribution >= 0.6 is 0 Å². The lowest BCUT2D eigenvalue weighted by atomic mass is 9.98. The normalized spacial score (nSPS) is 13.2. The number of carboxylic acids is 1. The number of hydrogen-bond acceptors (Lipinski definition) is 3. The number of hydrogen-bond donors (Lipinski definition) is 3. The smallest absolute Gasteiger partial charge is 0.303 e. The molecule has 0 aliphatic heterocycles. The molecular formula is C11H22N2O3. The van der Waals surface area contributed by atoms with E-state index < -0.39 is 11.5 Å². The van der Waals surface area contributed by atoms with Crippen molar-refractivity contribution in [2.24, 2.45) is 5.73 Å². The molecule has 1 atom stereocenters. The highest BCUT2D eigenvalue weighted by molar-refractivity contribution is 5.76. The molecule has 0 saturated heterocycles. The van der Waals surface area contributed by atoms with Gasteiger partial charge in [0.2, 0.25) is 5.91 Å². The van der Waals surface area contributed by atoms with Crippen LogP contribution in [0.15, 0.2) is 0 Å². The summed E-state index contributed by atoms with van der Waals surface area (Å²) >= 11 is 0. The fourth-order valence-corrected chi connectivity index (χ4v) is 1.28. The molecule has 4 N–H and O–H groups in total. The summed E-state index contributed by atoms with van der Waals surface area (Å²) in [7, 11) is 0. The molecule has 1 unspecified atom stereocenters. The summed E-state index contributed by atoms with van der Waals surface area (Å²) in [6.07, 6.45) is 1.50. The molecule has 5 nitrogen and oxygen atoms in total. The number of nitrogens with one attached hydrogen (secondary N) is 1. The van der Waals surface area contributed by atoms with E-state index in [0.29, 0.717) is 19.3 Å². The summed E-state index contributed by atoms with van der Waals surface area (Å²) in [5.41, 5.74) is 5.07. The molecule has 0 heterocycles. The Labute approximate surface area is 96.4 Å². The van der Waals surface area contributed by atoms with E-state index in [1.807, 2.05) is 20.8 Å². The van der Waals surface area contributed by atoms with E-state index in [9.17, 15) is 9.59 Å². The van der Waals surface area contributed by atoms with Gasteiger partial charge in [-0.3, -0.25) is 9.59 Å². The second kappa shape index (κ2) is 6.48.